The van der Waals surface area contributed by atoms with Crippen LogP contribution >= 0.6 is 0 Å². The number of amides is 1. The molecule has 1 rings (SSSR count). The van der Waals surface area contributed by atoms with Crippen molar-refractivity contribution in [2.45, 2.75) is 20.3 Å². The number of hydrogen-bond acceptors (Lipinski definition) is 2. The van der Waals surface area contributed by atoms with Crippen molar-refractivity contribution in [3.63, 3.8) is 0 Å². The summed E-state index contributed by atoms with van der Waals surface area (Å²) >= 11 is 0. The SMILES string of the molecule is CCC(=O)N1CC(C)C(C#N)C1. The first kappa shape index (κ1) is 9.05. The lowest BCUT2D eigenvalue weighted by Crippen LogP contribution is -2.27. The molecule has 3 heteroatoms. The van der Waals surface area contributed by atoms with Crippen molar-refractivity contribution in [2.24, 2.45) is 11.8 Å². The fraction of sp³-hybridized carbons (Fsp3) is 0.778. The molecule has 1 aliphatic rings. The van der Waals surface area contributed by atoms with Crippen LogP contribution in [0, 0.1) is 23.2 Å². The van der Waals surface area contributed by atoms with Gasteiger partial charge < -0.3 is 4.90 Å². The lowest BCUT2D eigenvalue weighted by Gasteiger charge is -2.13. The first-order chi connectivity index (χ1) is 5.69. The minimum absolute atomic E-state index is 0.0421. The zero-order valence-electron chi connectivity index (χ0n) is 7.58. The number of carbonyl (C=O) groups is 1. The number of hydrogen-bond donors (Lipinski definition) is 0. The molecule has 0 radical (unpaired) electrons. The van der Waals surface area contributed by atoms with Gasteiger partial charge in [-0.2, -0.15) is 5.26 Å². The van der Waals surface area contributed by atoms with E-state index in [-0.39, 0.29) is 11.8 Å². The Morgan fingerprint density at radius 2 is 2.33 bits per heavy atom. The normalized spacial score (nSPS) is 28.6. The third-order valence-corrected chi connectivity index (χ3v) is 2.43. The smallest absolute Gasteiger partial charge is 0.222 e. The molecule has 1 aliphatic heterocycles. The summed E-state index contributed by atoms with van der Waals surface area (Å²) in [5, 5.41) is 8.72. The number of carbonyl (C=O) groups excluding carboxylic acids is 1. The van der Waals surface area contributed by atoms with Crippen LogP contribution < -0.4 is 0 Å². The van der Waals surface area contributed by atoms with Crippen LogP contribution in [0.4, 0.5) is 0 Å². The van der Waals surface area contributed by atoms with Gasteiger partial charge >= 0.3 is 0 Å². The molecular formula is C9H14N2O. The van der Waals surface area contributed by atoms with E-state index in [9.17, 15) is 4.79 Å². The Morgan fingerprint density at radius 3 is 2.75 bits per heavy atom. The monoisotopic (exact) mass is 166 g/mol. The third-order valence-electron chi connectivity index (χ3n) is 2.43. The second-order valence-electron chi connectivity index (χ2n) is 3.37. The van der Waals surface area contributed by atoms with Gasteiger partial charge in [-0.05, 0) is 5.92 Å². The molecule has 0 saturated carbocycles. The minimum atomic E-state index is 0.0421. The molecular weight excluding hydrogens is 152 g/mol. The average Bonchev–Trinajstić information content (AvgIpc) is 2.45. The molecule has 0 aromatic rings. The number of likely N-dealkylation sites (tertiary alicyclic amines) is 1. The highest BCUT2D eigenvalue weighted by molar-refractivity contribution is 5.76. The molecule has 1 heterocycles. The molecule has 2 atom stereocenters. The van der Waals surface area contributed by atoms with Gasteiger partial charge in [-0.1, -0.05) is 13.8 Å². The van der Waals surface area contributed by atoms with E-state index < -0.39 is 0 Å². The molecule has 12 heavy (non-hydrogen) atoms. The number of nitriles is 1. The Hall–Kier alpha value is -1.04. The Kier molecular flexibility index (Phi) is 2.69. The fourth-order valence-corrected chi connectivity index (χ4v) is 1.56. The van der Waals surface area contributed by atoms with E-state index >= 15 is 0 Å². The van der Waals surface area contributed by atoms with Gasteiger partial charge in [0.05, 0.1) is 12.0 Å². The predicted octanol–water partition coefficient (Wildman–Crippen LogP) is 1.01. The topological polar surface area (TPSA) is 44.1 Å². The largest absolute Gasteiger partial charge is 0.341 e. The Morgan fingerprint density at radius 1 is 1.67 bits per heavy atom. The van der Waals surface area contributed by atoms with Crippen molar-refractivity contribution in [1.29, 1.82) is 5.26 Å². The van der Waals surface area contributed by atoms with Crippen molar-refractivity contribution < 1.29 is 4.79 Å². The van der Waals surface area contributed by atoms with Crippen LogP contribution in [0.25, 0.3) is 0 Å². The summed E-state index contributed by atoms with van der Waals surface area (Å²) in [5.41, 5.74) is 0. The summed E-state index contributed by atoms with van der Waals surface area (Å²) in [6.07, 6.45) is 0.546. The van der Waals surface area contributed by atoms with Crippen LogP contribution in [-0.2, 0) is 4.79 Å². The second kappa shape index (κ2) is 3.57. The standard InChI is InChI=1S/C9H14N2O/c1-3-9(12)11-5-7(2)8(4-10)6-11/h7-8H,3,5-6H2,1-2H3. The highest BCUT2D eigenvalue weighted by Crippen LogP contribution is 2.22. The molecule has 0 aromatic heterocycles. The van der Waals surface area contributed by atoms with Gasteiger partial charge in [-0.15, -0.1) is 0 Å². The molecule has 0 aromatic carbocycles. The van der Waals surface area contributed by atoms with Crippen LogP contribution in [-0.4, -0.2) is 23.9 Å². The van der Waals surface area contributed by atoms with E-state index in [2.05, 4.69) is 6.07 Å². The summed E-state index contributed by atoms with van der Waals surface area (Å²) in [7, 11) is 0. The second-order valence-corrected chi connectivity index (χ2v) is 3.37. The minimum Gasteiger partial charge on any atom is -0.341 e. The van der Waals surface area contributed by atoms with Crippen molar-refractivity contribution >= 4 is 5.91 Å². The molecule has 3 nitrogen and oxygen atoms in total. The number of nitrogens with zero attached hydrogens (tertiary/aromatic N) is 2. The maximum atomic E-state index is 11.2. The van der Waals surface area contributed by atoms with Gasteiger partial charge in [0.1, 0.15) is 0 Å². The van der Waals surface area contributed by atoms with E-state index in [1.54, 1.807) is 4.90 Å². The summed E-state index contributed by atoms with van der Waals surface area (Å²) in [6.45, 7) is 5.26. The quantitative estimate of drug-likeness (QED) is 0.583. The van der Waals surface area contributed by atoms with E-state index in [4.69, 9.17) is 5.26 Å². The van der Waals surface area contributed by atoms with Crippen LogP contribution in [0.3, 0.4) is 0 Å². The van der Waals surface area contributed by atoms with Crippen molar-refractivity contribution in [2.75, 3.05) is 13.1 Å². The van der Waals surface area contributed by atoms with Gasteiger partial charge in [-0.3, -0.25) is 4.79 Å². The Bertz CT molecular complexity index is 219. The van der Waals surface area contributed by atoms with E-state index in [1.165, 1.54) is 0 Å². The highest BCUT2D eigenvalue weighted by atomic mass is 16.2. The molecule has 0 N–H and O–H groups in total. The molecule has 66 valence electrons. The van der Waals surface area contributed by atoms with Crippen molar-refractivity contribution in [1.82, 2.24) is 4.90 Å². The first-order valence-electron chi connectivity index (χ1n) is 4.36. The van der Waals surface area contributed by atoms with Gasteiger partial charge in [0, 0.05) is 19.5 Å². The van der Waals surface area contributed by atoms with Gasteiger partial charge in [0.25, 0.3) is 0 Å². The molecule has 0 bridgehead atoms. The van der Waals surface area contributed by atoms with Gasteiger partial charge in [0.2, 0.25) is 5.91 Å². The first-order valence-corrected chi connectivity index (χ1v) is 4.36. The van der Waals surface area contributed by atoms with E-state index in [1.807, 2.05) is 13.8 Å². The molecule has 0 spiro atoms. The van der Waals surface area contributed by atoms with Crippen LogP contribution in [0.5, 0.6) is 0 Å². The molecule has 2 unspecified atom stereocenters. The van der Waals surface area contributed by atoms with Crippen molar-refractivity contribution in [3.05, 3.63) is 0 Å². The molecule has 1 saturated heterocycles. The zero-order chi connectivity index (χ0) is 9.14. The summed E-state index contributed by atoms with van der Waals surface area (Å²) in [4.78, 5) is 13.0. The Balaban J connectivity index is 2.55. The zero-order valence-corrected chi connectivity index (χ0v) is 7.58. The van der Waals surface area contributed by atoms with E-state index in [0.29, 0.717) is 18.9 Å². The van der Waals surface area contributed by atoms with Crippen molar-refractivity contribution in [3.8, 4) is 6.07 Å². The lowest BCUT2D eigenvalue weighted by atomic mass is 10.0. The predicted molar refractivity (Wildman–Crippen MR) is 45.1 cm³/mol. The van der Waals surface area contributed by atoms with Gasteiger partial charge in [-0.25, -0.2) is 0 Å². The summed E-state index contributed by atoms with van der Waals surface area (Å²) in [5.74, 6) is 0.547. The third kappa shape index (κ3) is 1.58. The summed E-state index contributed by atoms with van der Waals surface area (Å²) in [6, 6.07) is 2.23. The fourth-order valence-electron chi connectivity index (χ4n) is 1.56. The molecule has 1 amide bonds. The number of rotatable bonds is 1. The van der Waals surface area contributed by atoms with Crippen LogP contribution in [0.15, 0.2) is 0 Å². The molecule has 1 fully saturated rings. The highest BCUT2D eigenvalue weighted by Gasteiger charge is 2.31. The lowest BCUT2D eigenvalue weighted by molar-refractivity contribution is -0.129. The maximum Gasteiger partial charge on any atom is 0.222 e. The maximum absolute atomic E-state index is 11.2. The van der Waals surface area contributed by atoms with Crippen LogP contribution in [0.2, 0.25) is 0 Å². The molecule has 0 aliphatic carbocycles. The average molecular weight is 166 g/mol. The van der Waals surface area contributed by atoms with Crippen LogP contribution in [0.1, 0.15) is 20.3 Å². The van der Waals surface area contributed by atoms with E-state index in [0.717, 1.165) is 6.54 Å². The Labute approximate surface area is 73.0 Å². The van der Waals surface area contributed by atoms with Gasteiger partial charge in [0.15, 0.2) is 0 Å². The summed E-state index contributed by atoms with van der Waals surface area (Å²) < 4.78 is 0.